The molecule has 1 aliphatic rings. The molecule has 0 aromatic heterocycles. The van der Waals surface area contributed by atoms with Gasteiger partial charge in [0, 0.05) is 44.9 Å². The van der Waals surface area contributed by atoms with Gasteiger partial charge in [-0.2, -0.15) is 0 Å². The normalized spacial score (nSPS) is 16.5. The van der Waals surface area contributed by atoms with E-state index in [1.165, 1.54) is 13.2 Å². The van der Waals surface area contributed by atoms with Crippen LogP contribution in [0.1, 0.15) is 17.5 Å². The van der Waals surface area contributed by atoms with Crippen molar-refractivity contribution < 1.29 is 23.5 Å². The highest BCUT2D eigenvalue weighted by atomic mass is 19.1. The molecule has 1 fully saturated rings. The monoisotopic (exact) mass is 429 g/mol. The van der Waals surface area contributed by atoms with Gasteiger partial charge in [0.05, 0.1) is 26.7 Å². The predicted octanol–water partition coefficient (Wildman–Crippen LogP) is 2.19. The average molecular weight is 429 g/mol. The van der Waals surface area contributed by atoms with Gasteiger partial charge in [-0.05, 0) is 23.8 Å². The quantitative estimate of drug-likeness (QED) is 0.697. The summed E-state index contributed by atoms with van der Waals surface area (Å²) in [5.74, 6) is 0.375. The first-order valence-corrected chi connectivity index (χ1v) is 10.1. The van der Waals surface area contributed by atoms with E-state index in [9.17, 15) is 14.0 Å². The molecule has 1 N–H and O–H groups in total. The van der Waals surface area contributed by atoms with Gasteiger partial charge in [-0.1, -0.05) is 18.2 Å². The van der Waals surface area contributed by atoms with E-state index in [-0.39, 0.29) is 24.8 Å². The van der Waals surface area contributed by atoms with Crippen molar-refractivity contribution in [2.24, 2.45) is 0 Å². The van der Waals surface area contributed by atoms with Crippen molar-refractivity contribution in [2.45, 2.75) is 25.6 Å². The van der Waals surface area contributed by atoms with E-state index in [1.54, 1.807) is 31.2 Å². The third kappa shape index (κ3) is 5.73. The largest absolute Gasteiger partial charge is 0.497 e. The molecule has 1 atom stereocenters. The van der Waals surface area contributed by atoms with Gasteiger partial charge in [-0.25, -0.2) is 4.39 Å². The van der Waals surface area contributed by atoms with Gasteiger partial charge in [0.2, 0.25) is 11.8 Å². The van der Waals surface area contributed by atoms with Crippen molar-refractivity contribution >= 4 is 11.8 Å². The molecule has 1 unspecified atom stereocenters. The maximum absolute atomic E-state index is 14.4. The maximum Gasteiger partial charge on any atom is 0.237 e. The Morgan fingerprint density at radius 1 is 1.19 bits per heavy atom. The zero-order valence-corrected chi connectivity index (χ0v) is 18.1. The van der Waals surface area contributed by atoms with E-state index in [1.807, 2.05) is 29.2 Å². The van der Waals surface area contributed by atoms with Gasteiger partial charge in [-0.15, -0.1) is 0 Å². The third-order valence-electron chi connectivity index (χ3n) is 5.42. The van der Waals surface area contributed by atoms with E-state index in [2.05, 4.69) is 5.32 Å². The Hall–Kier alpha value is -3.13. The number of carbonyl (C=O) groups excluding carboxylic acids is 2. The van der Waals surface area contributed by atoms with Gasteiger partial charge in [0.15, 0.2) is 0 Å². The second kappa shape index (κ2) is 10.3. The maximum atomic E-state index is 14.4. The molecule has 31 heavy (non-hydrogen) atoms. The molecule has 7 nitrogen and oxygen atoms in total. The number of nitrogens with zero attached hydrogens (tertiary/aromatic N) is 2. The standard InChI is InChI=1S/C23H28FN3O4/c1-26(14-16-5-4-6-18(11-16)30-2)22(28)13-21-23(29)25-9-10-27(21)15-17-7-8-19(31-3)12-20(17)24/h4-8,11-12,21H,9-10,13-15H2,1-3H3,(H,25,29). The number of nitrogens with one attached hydrogen (secondary N) is 1. The lowest BCUT2D eigenvalue weighted by Gasteiger charge is -2.35. The van der Waals surface area contributed by atoms with Crippen LogP contribution in [-0.4, -0.2) is 62.0 Å². The minimum atomic E-state index is -0.657. The minimum absolute atomic E-state index is 0.0179. The first kappa shape index (κ1) is 22.6. The fraction of sp³-hybridized carbons (Fsp3) is 0.391. The van der Waals surface area contributed by atoms with Gasteiger partial charge in [-0.3, -0.25) is 14.5 Å². The topological polar surface area (TPSA) is 71.1 Å². The lowest BCUT2D eigenvalue weighted by molar-refractivity contribution is -0.138. The Balaban J connectivity index is 1.67. The van der Waals surface area contributed by atoms with Crippen molar-refractivity contribution in [3.05, 3.63) is 59.4 Å². The van der Waals surface area contributed by atoms with Crippen LogP contribution in [0.4, 0.5) is 4.39 Å². The molecule has 2 aromatic carbocycles. The fourth-order valence-electron chi connectivity index (χ4n) is 3.63. The Morgan fingerprint density at radius 2 is 1.94 bits per heavy atom. The number of methoxy groups -OCH3 is 2. The molecule has 0 radical (unpaired) electrons. The molecule has 0 bridgehead atoms. The molecule has 2 aromatic rings. The number of rotatable bonds is 8. The van der Waals surface area contributed by atoms with E-state index in [0.717, 1.165) is 11.3 Å². The highest BCUT2D eigenvalue weighted by molar-refractivity contribution is 5.88. The summed E-state index contributed by atoms with van der Waals surface area (Å²) in [5.41, 5.74) is 1.39. The molecule has 166 valence electrons. The number of ether oxygens (including phenoxy) is 2. The van der Waals surface area contributed by atoms with Crippen LogP contribution in [0.5, 0.6) is 11.5 Å². The number of hydrogen-bond donors (Lipinski definition) is 1. The van der Waals surface area contributed by atoms with Crippen LogP contribution in [0.25, 0.3) is 0 Å². The lowest BCUT2D eigenvalue weighted by Crippen LogP contribution is -2.56. The highest BCUT2D eigenvalue weighted by Gasteiger charge is 2.32. The van der Waals surface area contributed by atoms with Crippen LogP contribution in [0.15, 0.2) is 42.5 Å². The molecule has 0 spiro atoms. The van der Waals surface area contributed by atoms with E-state index < -0.39 is 11.9 Å². The fourth-order valence-corrected chi connectivity index (χ4v) is 3.63. The van der Waals surface area contributed by atoms with Crippen molar-refractivity contribution in [3.8, 4) is 11.5 Å². The summed E-state index contributed by atoms with van der Waals surface area (Å²) >= 11 is 0. The first-order valence-electron chi connectivity index (χ1n) is 10.1. The van der Waals surface area contributed by atoms with E-state index >= 15 is 0 Å². The van der Waals surface area contributed by atoms with Crippen molar-refractivity contribution in [1.29, 1.82) is 0 Å². The number of piperazine rings is 1. The van der Waals surface area contributed by atoms with Crippen LogP contribution in [0.2, 0.25) is 0 Å². The summed E-state index contributed by atoms with van der Waals surface area (Å²) in [6.45, 7) is 1.63. The Bertz CT molecular complexity index is 937. The summed E-state index contributed by atoms with van der Waals surface area (Å²) in [5, 5.41) is 2.81. The summed E-state index contributed by atoms with van der Waals surface area (Å²) in [6, 6.07) is 11.5. The molecule has 1 aliphatic heterocycles. The number of hydrogen-bond acceptors (Lipinski definition) is 5. The van der Waals surface area contributed by atoms with Crippen LogP contribution < -0.4 is 14.8 Å². The Morgan fingerprint density at radius 3 is 2.65 bits per heavy atom. The second-order valence-corrected chi connectivity index (χ2v) is 7.54. The highest BCUT2D eigenvalue weighted by Crippen LogP contribution is 2.21. The molecule has 8 heteroatoms. The second-order valence-electron chi connectivity index (χ2n) is 7.54. The van der Waals surface area contributed by atoms with E-state index in [0.29, 0.717) is 30.9 Å². The van der Waals surface area contributed by atoms with Gasteiger partial charge in [0.1, 0.15) is 17.3 Å². The third-order valence-corrected chi connectivity index (χ3v) is 5.42. The first-order chi connectivity index (χ1) is 14.9. The molecule has 1 heterocycles. The lowest BCUT2D eigenvalue weighted by atomic mass is 10.1. The van der Waals surface area contributed by atoms with Crippen LogP contribution in [0, 0.1) is 5.82 Å². The molecule has 3 rings (SSSR count). The number of halogens is 1. The number of benzene rings is 2. The van der Waals surface area contributed by atoms with Gasteiger partial charge >= 0.3 is 0 Å². The van der Waals surface area contributed by atoms with Crippen molar-refractivity contribution in [3.63, 3.8) is 0 Å². The van der Waals surface area contributed by atoms with E-state index in [4.69, 9.17) is 9.47 Å². The SMILES string of the molecule is COc1cccc(CN(C)C(=O)CC2C(=O)NCCN2Cc2ccc(OC)cc2F)c1. The summed E-state index contributed by atoms with van der Waals surface area (Å²) in [4.78, 5) is 28.8. The van der Waals surface area contributed by atoms with Crippen LogP contribution in [-0.2, 0) is 22.7 Å². The Labute approximate surface area is 181 Å². The van der Waals surface area contributed by atoms with Gasteiger partial charge < -0.3 is 19.7 Å². The minimum Gasteiger partial charge on any atom is -0.497 e. The van der Waals surface area contributed by atoms with Gasteiger partial charge in [0.25, 0.3) is 0 Å². The summed E-state index contributed by atoms with van der Waals surface area (Å²) < 4.78 is 24.7. The van der Waals surface area contributed by atoms with Crippen LogP contribution >= 0.6 is 0 Å². The number of carbonyl (C=O) groups is 2. The summed E-state index contributed by atoms with van der Waals surface area (Å²) in [6.07, 6.45) is 0.0179. The smallest absolute Gasteiger partial charge is 0.237 e. The number of amides is 2. The van der Waals surface area contributed by atoms with Crippen molar-refractivity contribution in [1.82, 2.24) is 15.1 Å². The average Bonchev–Trinajstić information content (AvgIpc) is 2.77. The molecule has 2 amide bonds. The molecular formula is C23H28FN3O4. The zero-order valence-electron chi connectivity index (χ0n) is 18.1. The van der Waals surface area contributed by atoms with Crippen molar-refractivity contribution in [2.75, 3.05) is 34.4 Å². The predicted molar refractivity (Wildman–Crippen MR) is 114 cm³/mol. The Kier molecular flexibility index (Phi) is 7.46. The molecule has 0 saturated carbocycles. The summed E-state index contributed by atoms with van der Waals surface area (Å²) in [7, 11) is 4.78. The zero-order chi connectivity index (χ0) is 22.4. The molecule has 0 aliphatic carbocycles. The molecule has 1 saturated heterocycles. The molecular weight excluding hydrogens is 401 g/mol. The van der Waals surface area contributed by atoms with Crippen LogP contribution in [0.3, 0.4) is 0 Å².